The molecule has 0 aliphatic heterocycles. The zero-order valence-corrected chi connectivity index (χ0v) is 6.92. The lowest BCUT2D eigenvalue weighted by atomic mass is 10.1. The molecule has 0 aromatic heterocycles. The Kier molecular flexibility index (Phi) is 2.65. The summed E-state index contributed by atoms with van der Waals surface area (Å²) in [5.41, 5.74) is 6.07. The van der Waals surface area contributed by atoms with Gasteiger partial charge in [-0.1, -0.05) is 12.1 Å². The highest BCUT2D eigenvalue weighted by Crippen LogP contribution is 2.21. The highest BCUT2D eigenvalue weighted by Gasteiger charge is 2.07. The van der Waals surface area contributed by atoms with Gasteiger partial charge in [-0.3, -0.25) is 0 Å². The molecule has 1 aromatic carbocycles. The van der Waals surface area contributed by atoms with Crippen molar-refractivity contribution in [3.63, 3.8) is 0 Å². The van der Waals surface area contributed by atoms with Crippen LogP contribution in [-0.2, 0) is 6.42 Å². The van der Waals surface area contributed by atoms with Crippen LogP contribution in [0.2, 0.25) is 0 Å². The first-order valence-corrected chi connectivity index (χ1v) is 3.83. The van der Waals surface area contributed by atoms with E-state index >= 15 is 0 Å². The van der Waals surface area contributed by atoms with E-state index in [9.17, 15) is 9.50 Å². The molecule has 0 amide bonds. The van der Waals surface area contributed by atoms with Crippen molar-refractivity contribution in [2.75, 3.05) is 0 Å². The Balaban J connectivity index is 2.92. The quantitative estimate of drug-likeness (QED) is 0.703. The van der Waals surface area contributed by atoms with Gasteiger partial charge in [0.05, 0.1) is 0 Å². The van der Waals surface area contributed by atoms with E-state index in [-0.39, 0.29) is 11.8 Å². The molecule has 0 spiro atoms. The van der Waals surface area contributed by atoms with E-state index in [1.54, 1.807) is 12.1 Å². The molecule has 12 heavy (non-hydrogen) atoms. The fraction of sp³-hybridized carbons (Fsp3) is 0.333. The number of aromatic hydroxyl groups is 1. The number of phenols is 1. The monoisotopic (exact) mass is 169 g/mol. The fourth-order valence-electron chi connectivity index (χ4n) is 1.07. The molecule has 2 nitrogen and oxygen atoms in total. The average molecular weight is 169 g/mol. The number of hydrogen-bond donors (Lipinski definition) is 2. The maximum Gasteiger partial charge on any atom is 0.165 e. The number of benzene rings is 1. The van der Waals surface area contributed by atoms with Gasteiger partial charge >= 0.3 is 0 Å². The van der Waals surface area contributed by atoms with Gasteiger partial charge < -0.3 is 10.8 Å². The van der Waals surface area contributed by atoms with Gasteiger partial charge in [-0.15, -0.1) is 0 Å². The average Bonchev–Trinajstić information content (AvgIpc) is 1.98. The van der Waals surface area contributed by atoms with E-state index in [2.05, 4.69) is 0 Å². The van der Waals surface area contributed by atoms with Crippen molar-refractivity contribution in [1.29, 1.82) is 0 Å². The number of rotatable bonds is 2. The predicted octanol–water partition coefficient (Wildman–Crippen LogP) is 1.42. The second-order valence-corrected chi connectivity index (χ2v) is 2.93. The molecule has 1 unspecified atom stereocenters. The van der Waals surface area contributed by atoms with Crippen molar-refractivity contribution in [2.45, 2.75) is 19.4 Å². The lowest BCUT2D eigenvalue weighted by Crippen LogP contribution is -2.17. The highest BCUT2D eigenvalue weighted by molar-refractivity contribution is 5.33. The van der Waals surface area contributed by atoms with Crippen molar-refractivity contribution >= 4 is 0 Å². The number of phenolic OH excluding ortho intramolecular Hbond substituents is 1. The molecule has 0 fully saturated rings. The minimum absolute atomic E-state index is 0.0716. The Bertz CT molecular complexity index is 273. The van der Waals surface area contributed by atoms with Crippen molar-refractivity contribution < 1.29 is 9.50 Å². The molecule has 1 aromatic rings. The number of nitrogens with two attached hydrogens (primary N) is 1. The molecule has 0 radical (unpaired) electrons. The summed E-state index contributed by atoms with van der Waals surface area (Å²) < 4.78 is 12.7. The third-order valence-electron chi connectivity index (χ3n) is 1.61. The molecule has 3 heteroatoms. The Morgan fingerprint density at radius 3 is 2.83 bits per heavy atom. The van der Waals surface area contributed by atoms with Crippen LogP contribution in [0.3, 0.4) is 0 Å². The Hall–Kier alpha value is -1.09. The molecule has 1 atom stereocenters. The van der Waals surface area contributed by atoms with E-state index < -0.39 is 5.82 Å². The van der Waals surface area contributed by atoms with Crippen LogP contribution in [0.15, 0.2) is 18.2 Å². The summed E-state index contributed by atoms with van der Waals surface area (Å²) in [5, 5.41) is 9.22. The first-order chi connectivity index (χ1) is 5.61. The van der Waals surface area contributed by atoms with E-state index in [4.69, 9.17) is 5.73 Å². The highest BCUT2D eigenvalue weighted by atomic mass is 19.1. The fourth-order valence-corrected chi connectivity index (χ4v) is 1.07. The number of hydrogen-bond acceptors (Lipinski definition) is 2. The smallest absolute Gasteiger partial charge is 0.165 e. The summed E-state index contributed by atoms with van der Waals surface area (Å²) in [4.78, 5) is 0. The first kappa shape index (κ1) is 9.00. The molecular formula is C9H12FNO. The third kappa shape index (κ3) is 1.95. The number of para-hydroxylation sites is 1. The number of halogens is 1. The van der Waals surface area contributed by atoms with Crippen LogP contribution in [0.25, 0.3) is 0 Å². The molecule has 0 aliphatic rings. The molecule has 0 saturated heterocycles. The van der Waals surface area contributed by atoms with Crippen LogP contribution in [0, 0.1) is 5.82 Å². The van der Waals surface area contributed by atoms with E-state index in [0.29, 0.717) is 12.0 Å². The summed E-state index contributed by atoms with van der Waals surface area (Å²) in [7, 11) is 0. The first-order valence-electron chi connectivity index (χ1n) is 3.83. The van der Waals surface area contributed by atoms with Gasteiger partial charge in [-0.05, 0) is 25.0 Å². The van der Waals surface area contributed by atoms with Crippen LogP contribution in [0.1, 0.15) is 12.5 Å². The summed E-state index contributed by atoms with van der Waals surface area (Å²) in [6.45, 7) is 1.81. The zero-order chi connectivity index (χ0) is 9.14. The maximum atomic E-state index is 12.7. The molecule has 0 saturated carbocycles. The normalized spacial score (nSPS) is 12.9. The van der Waals surface area contributed by atoms with Gasteiger partial charge in [0.15, 0.2) is 11.6 Å². The van der Waals surface area contributed by atoms with E-state index in [1.807, 2.05) is 6.92 Å². The summed E-state index contributed by atoms with van der Waals surface area (Å²) in [6.07, 6.45) is 0.490. The third-order valence-corrected chi connectivity index (χ3v) is 1.61. The zero-order valence-electron chi connectivity index (χ0n) is 6.92. The van der Waals surface area contributed by atoms with E-state index in [1.165, 1.54) is 6.07 Å². The largest absolute Gasteiger partial charge is 0.505 e. The summed E-state index contributed by atoms with van der Waals surface area (Å²) in [6, 6.07) is 4.38. The molecule has 1 rings (SSSR count). The Morgan fingerprint density at radius 2 is 2.25 bits per heavy atom. The standard InChI is InChI=1S/C9H12FNO/c1-6(11)5-7-3-2-4-8(10)9(7)12/h2-4,6,12H,5,11H2,1H3. The molecule has 66 valence electrons. The lowest BCUT2D eigenvalue weighted by molar-refractivity contribution is 0.424. The van der Waals surface area contributed by atoms with Crippen molar-refractivity contribution in [1.82, 2.24) is 0 Å². The van der Waals surface area contributed by atoms with Crippen LogP contribution in [-0.4, -0.2) is 11.1 Å². The maximum absolute atomic E-state index is 12.7. The van der Waals surface area contributed by atoms with Gasteiger partial charge in [0.1, 0.15) is 0 Å². The molecule has 3 N–H and O–H groups in total. The summed E-state index contributed by atoms with van der Waals surface area (Å²) >= 11 is 0. The van der Waals surface area contributed by atoms with Gasteiger partial charge in [0, 0.05) is 6.04 Å². The van der Waals surface area contributed by atoms with Crippen molar-refractivity contribution in [3.05, 3.63) is 29.6 Å². The van der Waals surface area contributed by atoms with Crippen molar-refractivity contribution in [3.8, 4) is 5.75 Å². The second-order valence-electron chi connectivity index (χ2n) is 2.93. The van der Waals surface area contributed by atoms with E-state index in [0.717, 1.165) is 0 Å². The van der Waals surface area contributed by atoms with Crippen LogP contribution < -0.4 is 5.73 Å². The van der Waals surface area contributed by atoms with Gasteiger partial charge in [0.25, 0.3) is 0 Å². The predicted molar refractivity (Wildman–Crippen MR) is 45.4 cm³/mol. The molecule has 0 bridgehead atoms. The molecule has 0 aliphatic carbocycles. The minimum atomic E-state index is -0.590. The second kappa shape index (κ2) is 3.54. The molecule has 0 heterocycles. The van der Waals surface area contributed by atoms with Gasteiger partial charge in [-0.25, -0.2) is 4.39 Å². The molecular weight excluding hydrogens is 157 g/mol. The van der Waals surface area contributed by atoms with Crippen molar-refractivity contribution in [2.24, 2.45) is 5.73 Å². The minimum Gasteiger partial charge on any atom is -0.505 e. The summed E-state index contributed by atoms with van der Waals surface area (Å²) in [5.74, 6) is -0.872. The Labute approximate surface area is 70.8 Å². The van der Waals surface area contributed by atoms with Gasteiger partial charge in [0.2, 0.25) is 0 Å². The Morgan fingerprint density at radius 1 is 1.58 bits per heavy atom. The SMILES string of the molecule is CC(N)Cc1cccc(F)c1O. The lowest BCUT2D eigenvalue weighted by Gasteiger charge is -2.07. The van der Waals surface area contributed by atoms with Crippen LogP contribution in [0.4, 0.5) is 4.39 Å². The van der Waals surface area contributed by atoms with Crippen LogP contribution in [0.5, 0.6) is 5.75 Å². The topological polar surface area (TPSA) is 46.2 Å². The van der Waals surface area contributed by atoms with Crippen LogP contribution >= 0.6 is 0 Å². The van der Waals surface area contributed by atoms with Gasteiger partial charge in [-0.2, -0.15) is 0 Å².